The van der Waals surface area contributed by atoms with Crippen LogP contribution < -0.4 is 4.74 Å². The summed E-state index contributed by atoms with van der Waals surface area (Å²) in [6, 6.07) is 20.7. The van der Waals surface area contributed by atoms with E-state index in [9.17, 15) is 8.78 Å². The fourth-order valence-electron chi connectivity index (χ4n) is 2.95. The Morgan fingerprint density at radius 1 is 1.00 bits per heavy atom. The molecule has 3 aromatic rings. The number of ether oxygens (including phenoxy) is 1. The van der Waals surface area contributed by atoms with Crippen molar-refractivity contribution in [2.24, 2.45) is 0 Å². The van der Waals surface area contributed by atoms with Gasteiger partial charge >= 0.3 is 0 Å². The standard InChI is InChI=1S/C24H21ClF2O/c1-24(2,18-9-11-19(25)12-10-18)16-20(26)14-17-8-13-22(27)23(15-17)28-21-6-4-3-5-7-21/h3-13,15-16H,14H2,1-2H3/b20-16-. The molecule has 0 amide bonds. The first kappa shape index (κ1) is 20.1. The predicted octanol–water partition coefficient (Wildman–Crippen LogP) is 7.65. The molecule has 144 valence electrons. The summed E-state index contributed by atoms with van der Waals surface area (Å²) in [6.07, 6.45) is 1.64. The molecule has 0 N–H and O–H groups in total. The summed E-state index contributed by atoms with van der Waals surface area (Å²) < 4.78 is 34.4. The number of para-hydroxylation sites is 1. The van der Waals surface area contributed by atoms with Crippen LogP contribution in [0.2, 0.25) is 5.02 Å². The highest BCUT2D eigenvalue weighted by Gasteiger charge is 2.19. The van der Waals surface area contributed by atoms with Gasteiger partial charge in [0.05, 0.1) is 0 Å². The van der Waals surface area contributed by atoms with E-state index >= 15 is 0 Å². The van der Waals surface area contributed by atoms with Crippen LogP contribution in [0.1, 0.15) is 25.0 Å². The van der Waals surface area contributed by atoms with Crippen LogP contribution in [-0.4, -0.2) is 0 Å². The molecular weight excluding hydrogens is 378 g/mol. The highest BCUT2D eigenvalue weighted by atomic mass is 35.5. The van der Waals surface area contributed by atoms with Gasteiger partial charge in [-0.1, -0.05) is 61.8 Å². The highest BCUT2D eigenvalue weighted by molar-refractivity contribution is 6.30. The summed E-state index contributed by atoms with van der Waals surface area (Å²) >= 11 is 5.93. The van der Waals surface area contributed by atoms with Gasteiger partial charge in [0.15, 0.2) is 11.6 Å². The van der Waals surface area contributed by atoms with E-state index in [1.165, 1.54) is 12.1 Å². The quantitative estimate of drug-likeness (QED) is 0.414. The van der Waals surface area contributed by atoms with Crippen molar-refractivity contribution in [2.75, 3.05) is 0 Å². The lowest BCUT2D eigenvalue weighted by Gasteiger charge is -2.21. The molecule has 0 radical (unpaired) electrons. The molecule has 0 saturated heterocycles. The zero-order valence-electron chi connectivity index (χ0n) is 15.8. The minimum absolute atomic E-state index is 0.0580. The molecule has 4 heteroatoms. The molecule has 0 aliphatic rings. The molecule has 0 fully saturated rings. The Morgan fingerprint density at radius 2 is 1.68 bits per heavy atom. The van der Waals surface area contributed by atoms with Crippen LogP contribution in [0.3, 0.4) is 0 Å². The van der Waals surface area contributed by atoms with Gasteiger partial charge in [-0.2, -0.15) is 0 Å². The maximum atomic E-state index is 14.7. The Morgan fingerprint density at radius 3 is 2.36 bits per heavy atom. The molecular formula is C24H21ClF2O. The largest absolute Gasteiger partial charge is 0.454 e. The lowest BCUT2D eigenvalue weighted by atomic mass is 9.84. The van der Waals surface area contributed by atoms with E-state index in [-0.39, 0.29) is 18.0 Å². The first-order chi connectivity index (χ1) is 13.3. The monoisotopic (exact) mass is 398 g/mol. The van der Waals surface area contributed by atoms with E-state index in [1.54, 1.807) is 48.5 Å². The number of rotatable bonds is 6. The predicted molar refractivity (Wildman–Crippen MR) is 110 cm³/mol. The maximum absolute atomic E-state index is 14.7. The number of hydrogen-bond donors (Lipinski definition) is 0. The highest BCUT2D eigenvalue weighted by Crippen LogP contribution is 2.30. The van der Waals surface area contributed by atoms with Crippen molar-refractivity contribution in [1.82, 2.24) is 0 Å². The normalized spacial score (nSPS) is 12.1. The van der Waals surface area contributed by atoms with Crippen LogP contribution in [0, 0.1) is 5.82 Å². The Labute approximate surface area is 169 Å². The Balaban J connectivity index is 1.78. The number of halogens is 3. The smallest absolute Gasteiger partial charge is 0.165 e. The van der Waals surface area contributed by atoms with Crippen LogP contribution in [0.4, 0.5) is 8.78 Å². The van der Waals surface area contributed by atoms with E-state index in [0.29, 0.717) is 16.3 Å². The first-order valence-corrected chi connectivity index (χ1v) is 9.36. The minimum atomic E-state index is -0.502. The van der Waals surface area contributed by atoms with Crippen molar-refractivity contribution >= 4 is 11.6 Å². The Hall–Kier alpha value is -2.65. The fourth-order valence-corrected chi connectivity index (χ4v) is 3.08. The molecule has 0 aliphatic carbocycles. The molecule has 0 aliphatic heterocycles. The van der Waals surface area contributed by atoms with Crippen molar-refractivity contribution in [2.45, 2.75) is 25.7 Å². The number of hydrogen-bond acceptors (Lipinski definition) is 1. The van der Waals surface area contributed by atoms with Gasteiger partial charge < -0.3 is 4.74 Å². The van der Waals surface area contributed by atoms with Gasteiger partial charge in [-0.05, 0) is 53.6 Å². The van der Waals surface area contributed by atoms with Gasteiger partial charge in [0, 0.05) is 16.9 Å². The van der Waals surface area contributed by atoms with Crippen LogP contribution in [0.5, 0.6) is 11.5 Å². The number of allylic oxidation sites excluding steroid dienone is 2. The molecule has 3 rings (SSSR count). The van der Waals surface area contributed by atoms with Gasteiger partial charge in [0.1, 0.15) is 11.6 Å². The summed E-state index contributed by atoms with van der Waals surface area (Å²) in [6.45, 7) is 3.87. The molecule has 0 bridgehead atoms. The Kier molecular flexibility index (Phi) is 6.15. The van der Waals surface area contributed by atoms with Gasteiger partial charge in [0.2, 0.25) is 0 Å². The van der Waals surface area contributed by atoms with Crippen molar-refractivity contribution in [3.63, 3.8) is 0 Å². The molecule has 0 spiro atoms. The molecule has 0 heterocycles. The van der Waals surface area contributed by atoms with E-state index in [2.05, 4.69) is 0 Å². The lowest BCUT2D eigenvalue weighted by Crippen LogP contribution is -2.14. The molecule has 28 heavy (non-hydrogen) atoms. The van der Waals surface area contributed by atoms with Gasteiger partial charge in [-0.25, -0.2) is 8.78 Å². The second kappa shape index (κ2) is 8.57. The SMILES string of the molecule is CC(C)(/C=C(\F)Cc1ccc(F)c(Oc2ccccc2)c1)c1ccc(Cl)cc1. The first-order valence-electron chi connectivity index (χ1n) is 8.98. The minimum Gasteiger partial charge on any atom is -0.454 e. The average molecular weight is 399 g/mol. The molecule has 0 atom stereocenters. The van der Waals surface area contributed by atoms with Crippen LogP contribution >= 0.6 is 11.6 Å². The summed E-state index contributed by atoms with van der Waals surface area (Å²) in [4.78, 5) is 0. The molecule has 3 aromatic carbocycles. The van der Waals surface area contributed by atoms with Crippen LogP contribution in [0.25, 0.3) is 0 Å². The zero-order chi connectivity index (χ0) is 20.1. The van der Waals surface area contributed by atoms with Gasteiger partial charge in [-0.3, -0.25) is 0 Å². The van der Waals surface area contributed by atoms with Gasteiger partial charge in [-0.15, -0.1) is 0 Å². The molecule has 1 nitrogen and oxygen atoms in total. The third-order valence-corrected chi connectivity index (χ3v) is 4.70. The van der Waals surface area contributed by atoms with Crippen LogP contribution in [0.15, 0.2) is 84.7 Å². The third-order valence-electron chi connectivity index (χ3n) is 4.45. The molecule has 0 saturated carbocycles. The second-order valence-corrected chi connectivity index (χ2v) is 7.61. The topological polar surface area (TPSA) is 9.23 Å². The van der Waals surface area contributed by atoms with E-state index in [0.717, 1.165) is 5.56 Å². The summed E-state index contributed by atoms with van der Waals surface area (Å²) in [5.74, 6) is -0.178. The fraction of sp³-hybridized carbons (Fsp3) is 0.167. The summed E-state index contributed by atoms with van der Waals surface area (Å²) in [5.41, 5.74) is 1.09. The lowest BCUT2D eigenvalue weighted by molar-refractivity contribution is 0.441. The summed E-state index contributed by atoms with van der Waals surface area (Å²) in [7, 11) is 0. The second-order valence-electron chi connectivity index (χ2n) is 7.18. The summed E-state index contributed by atoms with van der Waals surface area (Å²) in [5, 5.41) is 0.640. The van der Waals surface area contributed by atoms with Crippen molar-refractivity contribution in [3.8, 4) is 11.5 Å². The maximum Gasteiger partial charge on any atom is 0.165 e. The molecule has 0 aromatic heterocycles. The molecule has 0 unspecified atom stereocenters. The average Bonchev–Trinajstić information content (AvgIpc) is 2.65. The third kappa shape index (κ3) is 5.20. The van der Waals surface area contributed by atoms with Crippen molar-refractivity contribution in [3.05, 3.63) is 107 Å². The zero-order valence-corrected chi connectivity index (χ0v) is 16.5. The number of benzene rings is 3. The van der Waals surface area contributed by atoms with Gasteiger partial charge in [0.25, 0.3) is 0 Å². The van der Waals surface area contributed by atoms with E-state index in [1.807, 2.05) is 32.0 Å². The Bertz CT molecular complexity index is 964. The van der Waals surface area contributed by atoms with Crippen LogP contribution in [-0.2, 0) is 11.8 Å². The van der Waals surface area contributed by atoms with E-state index < -0.39 is 11.2 Å². The van der Waals surface area contributed by atoms with Crippen molar-refractivity contribution < 1.29 is 13.5 Å². The van der Waals surface area contributed by atoms with Crippen molar-refractivity contribution in [1.29, 1.82) is 0 Å². The van der Waals surface area contributed by atoms with E-state index in [4.69, 9.17) is 16.3 Å².